The van der Waals surface area contributed by atoms with Gasteiger partial charge in [0.2, 0.25) is 0 Å². The topological polar surface area (TPSA) is 19.6 Å². The van der Waals surface area contributed by atoms with Crippen LogP contribution in [0.15, 0.2) is 375 Å². The molecular formula is C91H64N2O. The molecule has 0 saturated carbocycles. The number of benzene rings is 15. The molecule has 0 unspecified atom stereocenters. The second-order valence-corrected chi connectivity index (χ2v) is 23.8. The highest BCUT2D eigenvalue weighted by molar-refractivity contribution is 6.13. The molecule has 0 aliphatic carbocycles. The highest BCUT2D eigenvalue weighted by Gasteiger charge is 2.21. The van der Waals surface area contributed by atoms with Gasteiger partial charge in [0.1, 0.15) is 11.2 Å². The molecule has 15 aromatic carbocycles. The van der Waals surface area contributed by atoms with Crippen molar-refractivity contribution in [3.05, 3.63) is 376 Å². The van der Waals surface area contributed by atoms with E-state index in [1.165, 1.54) is 65.7 Å². The summed E-state index contributed by atoms with van der Waals surface area (Å²) in [5, 5.41) is 9.59. The van der Waals surface area contributed by atoms with E-state index < -0.39 is 0 Å². The van der Waals surface area contributed by atoms with Gasteiger partial charge in [0.25, 0.3) is 0 Å². The lowest BCUT2D eigenvalue weighted by Gasteiger charge is -2.28. The van der Waals surface area contributed by atoms with Gasteiger partial charge >= 0.3 is 0 Å². The second-order valence-electron chi connectivity index (χ2n) is 23.8. The molecule has 0 fully saturated rings. The van der Waals surface area contributed by atoms with Gasteiger partial charge in [-0.3, -0.25) is 0 Å². The molecule has 3 heteroatoms. The SMILES string of the molecule is C\C=C(/C=C\C=C\N(c1ccc(-c2cccc3ccccc23)cc1)c1ccc(-c2ccc(-c3ccccc3)c3ccccc23)cc1)c1ccccc1N(c1ccc(-c2ccc3ccccc3c2)cc1)c1ccc(-c2cccc3c2oc2c(-c4ccccc4)cccc23)cc1. The number of para-hydroxylation sites is 3. The second kappa shape index (κ2) is 25.2. The van der Waals surface area contributed by atoms with Gasteiger partial charge < -0.3 is 14.2 Å². The number of anilines is 5. The number of hydrogen-bond donors (Lipinski definition) is 0. The van der Waals surface area contributed by atoms with Gasteiger partial charge in [0, 0.05) is 56.4 Å². The number of rotatable bonds is 15. The molecular weight excluding hydrogens is 1140 g/mol. The van der Waals surface area contributed by atoms with Crippen LogP contribution in [-0.2, 0) is 0 Å². The van der Waals surface area contributed by atoms with E-state index >= 15 is 0 Å². The summed E-state index contributed by atoms with van der Waals surface area (Å²) in [4.78, 5) is 4.67. The molecule has 16 aromatic rings. The van der Waals surface area contributed by atoms with Gasteiger partial charge in [0.15, 0.2) is 0 Å². The average Bonchev–Trinajstić information content (AvgIpc) is 1.47. The fourth-order valence-electron chi connectivity index (χ4n) is 13.7. The molecule has 3 nitrogen and oxygen atoms in total. The van der Waals surface area contributed by atoms with Crippen LogP contribution >= 0.6 is 0 Å². The maximum absolute atomic E-state index is 6.91. The molecule has 1 heterocycles. The fourth-order valence-corrected chi connectivity index (χ4v) is 13.7. The smallest absolute Gasteiger partial charge is 0.143 e. The Morgan fingerprint density at radius 3 is 1.30 bits per heavy atom. The van der Waals surface area contributed by atoms with Crippen LogP contribution in [0.2, 0.25) is 0 Å². The number of fused-ring (bicyclic) bond motifs is 6. The van der Waals surface area contributed by atoms with Crippen molar-refractivity contribution in [1.29, 1.82) is 0 Å². The van der Waals surface area contributed by atoms with Crippen molar-refractivity contribution < 1.29 is 4.42 Å². The normalized spacial score (nSPS) is 11.9. The molecule has 0 aliphatic heterocycles. The lowest BCUT2D eigenvalue weighted by atomic mass is 9.92. The first-order valence-electron chi connectivity index (χ1n) is 32.2. The monoisotopic (exact) mass is 1200 g/mol. The van der Waals surface area contributed by atoms with Gasteiger partial charge in [-0.05, 0) is 167 Å². The zero-order valence-electron chi connectivity index (χ0n) is 52.0. The van der Waals surface area contributed by atoms with Crippen molar-refractivity contribution in [1.82, 2.24) is 0 Å². The summed E-state index contributed by atoms with van der Waals surface area (Å²) in [6.07, 6.45) is 10.9. The molecule has 94 heavy (non-hydrogen) atoms. The molecule has 1 aromatic heterocycles. The van der Waals surface area contributed by atoms with Crippen molar-refractivity contribution in [2.45, 2.75) is 6.92 Å². The summed E-state index contributed by atoms with van der Waals surface area (Å²) in [7, 11) is 0. The van der Waals surface area contributed by atoms with Crippen molar-refractivity contribution >= 4 is 88.3 Å². The Labute approximate surface area is 548 Å². The quantitative estimate of drug-likeness (QED) is 0.0954. The summed E-state index contributed by atoms with van der Waals surface area (Å²) in [5.74, 6) is 0. The van der Waals surface area contributed by atoms with Crippen LogP contribution in [0.1, 0.15) is 12.5 Å². The van der Waals surface area contributed by atoms with Crippen LogP contribution in [0.3, 0.4) is 0 Å². The molecule has 0 bridgehead atoms. The summed E-state index contributed by atoms with van der Waals surface area (Å²) < 4.78 is 6.91. The van der Waals surface area contributed by atoms with Crippen LogP contribution < -0.4 is 9.80 Å². The Morgan fingerprint density at radius 2 is 0.702 bits per heavy atom. The van der Waals surface area contributed by atoms with Gasteiger partial charge in [-0.1, -0.05) is 297 Å². The summed E-state index contributed by atoms with van der Waals surface area (Å²) >= 11 is 0. The van der Waals surface area contributed by atoms with E-state index in [1.54, 1.807) is 0 Å². The van der Waals surface area contributed by atoms with Gasteiger partial charge in [-0.25, -0.2) is 0 Å². The average molecular weight is 1200 g/mol. The number of furan rings is 1. The van der Waals surface area contributed by atoms with Crippen LogP contribution in [0.4, 0.5) is 28.4 Å². The number of nitrogens with zero attached hydrogens (tertiary/aromatic N) is 2. The van der Waals surface area contributed by atoms with E-state index in [0.717, 1.165) is 94.9 Å². The highest BCUT2D eigenvalue weighted by Crippen LogP contribution is 2.45. The minimum absolute atomic E-state index is 0.879. The Bertz CT molecular complexity index is 5520. The minimum Gasteiger partial charge on any atom is -0.455 e. The molecule has 0 spiro atoms. The molecule has 0 saturated heterocycles. The number of hydrogen-bond acceptors (Lipinski definition) is 3. The third kappa shape index (κ3) is 10.9. The maximum atomic E-state index is 6.91. The van der Waals surface area contributed by atoms with E-state index in [9.17, 15) is 0 Å². The third-order valence-corrected chi connectivity index (χ3v) is 18.4. The predicted molar refractivity (Wildman–Crippen MR) is 400 cm³/mol. The maximum Gasteiger partial charge on any atom is 0.143 e. The van der Waals surface area contributed by atoms with Gasteiger partial charge in [-0.2, -0.15) is 0 Å². The first kappa shape index (κ1) is 56.9. The van der Waals surface area contributed by atoms with Crippen molar-refractivity contribution in [2.24, 2.45) is 0 Å². The molecule has 0 N–H and O–H groups in total. The van der Waals surface area contributed by atoms with E-state index in [4.69, 9.17) is 4.42 Å². The molecule has 444 valence electrons. The Hall–Kier alpha value is -12.3. The first-order valence-corrected chi connectivity index (χ1v) is 32.2. The van der Waals surface area contributed by atoms with E-state index in [2.05, 4.69) is 387 Å². The largest absolute Gasteiger partial charge is 0.455 e. The molecule has 0 radical (unpaired) electrons. The van der Waals surface area contributed by atoms with E-state index in [1.807, 2.05) is 0 Å². The van der Waals surface area contributed by atoms with Crippen molar-refractivity contribution in [3.8, 4) is 66.8 Å². The molecule has 0 aliphatic rings. The van der Waals surface area contributed by atoms with E-state index in [0.29, 0.717) is 0 Å². The third-order valence-electron chi connectivity index (χ3n) is 18.4. The van der Waals surface area contributed by atoms with Gasteiger partial charge in [-0.15, -0.1) is 0 Å². The Kier molecular flexibility index (Phi) is 15.2. The summed E-state index contributed by atoms with van der Waals surface area (Å²) in [6.45, 7) is 2.13. The lowest BCUT2D eigenvalue weighted by molar-refractivity contribution is 0.671. The first-order chi connectivity index (χ1) is 46.6. The van der Waals surface area contributed by atoms with Crippen molar-refractivity contribution in [2.75, 3.05) is 9.80 Å². The van der Waals surface area contributed by atoms with E-state index in [-0.39, 0.29) is 0 Å². The van der Waals surface area contributed by atoms with Crippen molar-refractivity contribution in [3.63, 3.8) is 0 Å². The predicted octanol–water partition coefficient (Wildman–Crippen LogP) is 25.8. The van der Waals surface area contributed by atoms with Crippen LogP contribution in [0, 0.1) is 0 Å². The van der Waals surface area contributed by atoms with Gasteiger partial charge in [0.05, 0.1) is 5.69 Å². The summed E-state index contributed by atoms with van der Waals surface area (Å²) in [5.41, 5.74) is 23.1. The summed E-state index contributed by atoms with van der Waals surface area (Å²) in [6, 6.07) is 123. The zero-order valence-corrected chi connectivity index (χ0v) is 52.0. The standard InChI is InChI=1S/C91H64N2O/c1-2-63(22-17-18-61-92(74-51-45-69(46-52-74)79-35-19-30-67-28-11-12-31-78(67)79)75-53-47-70(48-54-75)81-60-59-80(66-24-5-3-6-25-66)85-33-13-14-34-86(81)85)82-32-15-16-40-89(82)93(76-55-43-65(44-56-76)73-42-41-64-23-9-10-29-72(64)62-73)77-57-49-71(50-58-77)84-37-21-39-88-87-38-20-36-83(90(87)94-91(84)88)68-26-7-4-8-27-68/h2-62H,1H3/b22-17-,61-18+,63-2+. The molecule has 0 amide bonds. The number of allylic oxidation sites excluding steroid dienone is 5. The lowest BCUT2D eigenvalue weighted by Crippen LogP contribution is -2.12. The Balaban J connectivity index is 0.749. The zero-order chi connectivity index (χ0) is 62.7. The van der Waals surface area contributed by atoms with Crippen LogP contribution in [0.25, 0.3) is 127 Å². The molecule has 16 rings (SSSR count). The fraction of sp³-hybridized carbons (Fsp3) is 0.0110. The Morgan fingerprint density at radius 1 is 0.287 bits per heavy atom. The molecule has 0 atom stereocenters. The van der Waals surface area contributed by atoms with Crippen LogP contribution in [-0.4, -0.2) is 0 Å². The van der Waals surface area contributed by atoms with Crippen LogP contribution in [0.5, 0.6) is 0 Å². The highest BCUT2D eigenvalue weighted by atomic mass is 16.3. The minimum atomic E-state index is 0.879.